The van der Waals surface area contributed by atoms with Crippen LogP contribution in [-0.2, 0) is 0 Å². The maximum atomic E-state index is 7.75. The summed E-state index contributed by atoms with van der Waals surface area (Å²) in [4.78, 5) is 0. The van der Waals surface area contributed by atoms with Crippen LogP contribution in [0.3, 0.4) is 0 Å². The summed E-state index contributed by atoms with van der Waals surface area (Å²) in [6.45, 7) is 0. The summed E-state index contributed by atoms with van der Waals surface area (Å²) >= 11 is 3.02. The van der Waals surface area contributed by atoms with Crippen molar-refractivity contribution in [1.29, 1.82) is 0 Å². The normalized spacial score (nSPS) is 17.1. The van der Waals surface area contributed by atoms with Gasteiger partial charge in [-0.15, -0.1) is 10.2 Å². The summed E-state index contributed by atoms with van der Waals surface area (Å²) in [7, 11) is 0. The summed E-state index contributed by atoms with van der Waals surface area (Å²) in [6, 6.07) is -2.23. The highest BCUT2D eigenvalue weighted by atomic mass is 79.9. The van der Waals surface area contributed by atoms with Crippen LogP contribution in [0.25, 0.3) is 5.69 Å². The number of halogens is 1. The molecule has 1 heterocycles. The Morgan fingerprint density at radius 3 is 2.67 bits per heavy atom. The number of hydrogen-bond acceptors (Lipinski definition) is 2. The minimum Gasteiger partial charge on any atom is -0.276 e. The molecule has 0 aliphatic carbocycles. The molecule has 1 aromatic carbocycles. The summed E-state index contributed by atoms with van der Waals surface area (Å²) < 4.78 is 46.7. The average molecular weight is 230 g/mol. The van der Waals surface area contributed by atoms with Gasteiger partial charge >= 0.3 is 0 Å². The molecular formula is C8H6BrN3. The second-order valence-corrected chi connectivity index (χ2v) is 2.59. The van der Waals surface area contributed by atoms with Crippen LogP contribution < -0.4 is 0 Å². The lowest BCUT2D eigenvalue weighted by Crippen LogP contribution is -1.90. The predicted octanol–water partition coefficient (Wildman–Crippen LogP) is 2.03. The first kappa shape index (κ1) is 3.30. The molecule has 0 bridgehead atoms. The molecule has 2 rings (SSSR count). The molecule has 4 heteroatoms. The zero-order valence-corrected chi connectivity index (χ0v) is 7.31. The van der Waals surface area contributed by atoms with Crippen LogP contribution in [0.5, 0.6) is 0 Å². The molecule has 0 aliphatic heterocycles. The van der Waals surface area contributed by atoms with Crippen LogP contribution in [0.2, 0.25) is 0 Å². The lowest BCUT2D eigenvalue weighted by molar-refractivity contribution is 1.01. The topological polar surface area (TPSA) is 30.7 Å². The highest BCUT2D eigenvalue weighted by molar-refractivity contribution is 9.10. The van der Waals surface area contributed by atoms with Crippen LogP contribution in [-0.4, -0.2) is 14.8 Å². The second kappa shape index (κ2) is 3.06. The number of nitrogens with zero attached hydrogens (tertiary/aromatic N) is 3. The zero-order valence-electron chi connectivity index (χ0n) is 11.7. The molecule has 1 aromatic heterocycles. The van der Waals surface area contributed by atoms with Crippen molar-refractivity contribution in [3.05, 3.63) is 41.2 Å². The Bertz CT molecular complexity index is 592. The van der Waals surface area contributed by atoms with E-state index in [0.29, 0.717) is 0 Å². The van der Waals surface area contributed by atoms with Gasteiger partial charge in [-0.2, -0.15) is 0 Å². The van der Waals surface area contributed by atoms with Crippen LogP contribution >= 0.6 is 15.9 Å². The van der Waals surface area contributed by atoms with E-state index < -0.39 is 30.2 Å². The van der Waals surface area contributed by atoms with E-state index >= 15 is 0 Å². The molecule has 0 fully saturated rings. The third kappa shape index (κ3) is 1.25. The Balaban J connectivity index is 2.89. The fourth-order valence-corrected chi connectivity index (χ4v) is 1.03. The van der Waals surface area contributed by atoms with E-state index in [-0.39, 0.29) is 16.7 Å². The van der Waals surface area contributed by atoms with Crippen molar-refractivity contribution in [3.63, 3.8) is 0 Å². The Morgan fingerprint density at radius 2 is 2.08 bits per heavy atom. The predicted molar refractivity (Wildman–Crippen MR) is 49.1 cm³/mol. The van der Waals surface area contributed by atoms with E-state index in [9.17, 15) is 0 Å². The van der Waals surface area contributed by atoms with Crippen molar-refractivity contribution >= 4 is 15.9 Å². The molecule has 0 unspecified atom stereocenters. The number of rotatable bonds is 1. The Hall–Kier alpha value is -1.16. The molecule has 0 saturated carbocycles. The molecule has 0 aliphatic rings. The van der Waals surface area contributed by atoms with E-state index in [2.05, 4.69) is 26.1 Å². The quantitative estimate of drug-likeness (QED) is 0.750. The molecule has 0 spiro atoms. The zero-order chi connectivity index (χ0) is 13.6. The van der Waals surface area contributed by atoms with E-state index in [1.165, 1.54) is 0 Å². The van der Waals surface area contributed by atoms with Crippen molar-refractivity contribution in [2.75, 3.05) is 0 Å². The SMILES string of the molecule is [2H]c1c([2H])c([2H])c(-n2c([2H])nnc2Br)c([2H])c1[2H]. The highest BCUT2D eigenvalue weighted by Crippen LogP contribution is 2.12. The highest BCUT2D eigenvalue weighted by Gasteiger charge is 1.99. The molecule has 60 valence electrons. The summed E-state index contributed by atoms with van der Waals surface area (Å²) in [5.41, 5.74) is -0.150. The van der Waals surface area contributed by atoms with Crippen molar-refractivity contribution in [2.45, 2.75) is 0 Å². The Kier molecular flexibility index (Phi) is 0.842. The molecule has 2 aromatic rings. The average Bonchev–Trinajstić information content (AvgIpc) is 2.66. The second-order valence-electron chi connectivity index (χ2n) is 1.88. The minimum absolute atomic E-state index is 0.103. The molecular weight excluding hydrogens is 218 g/mol. The van der Waals surface area contributed by atoms with Crippen LogP contribution in [0.15, 0.2) is 41.2 Å². The van der Waals surface area contributed by atoms with Gasteiger partial charge in [0.25, 0.3) is 0 Å². The summed E-state index contributed by atoms with van der Waals surface area (Å²) in [6.07, 6.45) is -0.319. The van der Waals surface area contributed by atoms with Crippen molar-refractivity contribution in [1.82, 2.24) is 14.8 Å². The first-order chi connectivity index (χ1) is 8.36. The molecule has 0 amide bonds. The van der Waals surface area contributed by atoms with Gasteiger partial charge in [-0.05, 0) is 28.0 Å². The van der Waals surface area contributed by atoms with Gasteiger partial charge < -0.3 is 0 Å². The van der Waals surface area contributed by atoms with E-state index in [4.69, 9.17) is 8.22 Å². The van der Waals surface area contributed by atoms with E-state index in [1.54, 1.807) is 0 Å². The maximum absolute atomic E-state index is 7.75. The molecule has 0 saturated heterocycles. The first-order valence-electron chi connectivity index (χ1n) is 6.01. The lowest BCUT2D eigenvalue weighted by Gasteiger charge is -2.00. The first-order valence-corrected chi connectivity index (χ1v) is 3.80. The number of hydrogen-bond donors (Lipinski definition) is 0. The van der Waals surface area contributed by atoms with Gasteiger partial charge in [0, 0.05) is 5.69 Å². The maximum Gasteiger partial charge on any atom is 0.204 e. The largest absolute Gasteiger partial charge is 0.276 e. The third-order valence-electron chi connectivity index (χ3n) is 1.17. The fraction of sp³-hybridized carbons (Fsp3) is 0. The lowest BCUT2D eigenvalue weighted by atomic mass is 10.3. The number of benzene rings is 1. The van der Waals surface area contributed by atoms with Crippen molar-refractivity contribution in [3.8, 4) is 5.69 Å². The van der Waals surface area contributed by atoms with Crippen molar-refractivity contribution < 1.29 is 8.22 Å². The van der Waals surface area contributed by atoms with E-state index in [1.807, 2.05) is 0 Å². The van der Waals surface area contributed by atoms with Crippen LogP contribution in [0, 0.1) is 0 Å². The van der Waals surface area contributed by atoms with E-state index in [0.717, 1.165) is 4.57 Å². The van der Waals surface area contributed by atoms with Gasteiger partial charge in [-0.1, -0.05) is 18.1 Å². The Labute approximate surface area is 86.6 Å². The minimum atomic E-state index is -0.482. The molecule has 0 N–H and O–H groups in total. The van der Waals surface area contributed by atoms with Crippen LogP contribution in [0.1, 0.15) is 8.22 Å². The van der Waals surface area contributed by atoms with Gasteiger partial charge in [-0.25, -0.2) is 0 Å². The molecule has 0 atom stereocenters. The van der Waals surface area contributed by atoms with Gasteiger partial charge in [0.15, 0.2) is 0 Å². The molecule has 12 heavy (non-hydrogen) atoms. The fourth-order valence-electron chi connectivity index (χ4n) is 0.692. The monoisotopic (exact) mass is 229 g/mol. The Morgan fingerprint density at radius 1 is 1.33 bits per heavy atom. The molecule has 3 nitrogen and oxygen atoms in total. The standard InChI is InChI=1S/C8H6BrN3/c9-8-11-10-6-12(8)7-4-2-1-3-5-7/h1-6H/i1D,2D,3D,4D,5D,6D. The van der Waals surface area contributed by atoms with Crippen molar-refractivity contribution in [2.24, 2.45) is 0 Å². The summed E-state index contributed by atoms with van der Waals surface area (Å²) in [5, 5.41) is 7.02. The molecule has 0 radical (unpaired) electrons. The third-order valence-corrected chi connectivity index (χ3v) is 1.69. The van der Waals surface area contributed by atoms with Gasteiger partial charge in [0.2, 0.25) is 4.73 Å². The number of para-hydroxylation sites is 1. The number of aromatic nitrogens is 3. The smallest absolute Gasteiger partial charge is 0.204 e. The van der Waals surface area contributed by atoms with Crippen LogP contribution in [0.4, 0.5) is 0 Å². The van der Waals surface area contributed by atoms with Gasteiger partial charge in [0.05, 0.1) is 6.85 Å². The van der Waals surface area contributed by atoms with Gasteiger partial charge in [-0.3, -0.25) is 4.57 Å². The summed E-state index contributed by atoms with van der Waals surface area (Å²) in [5.74, 6) is 0. The van der Waals surface area contributed by atoms with Gasteiger partial charge in [0.1, 0.15) is 7.67 Å².